The standard InChI is InChI=1S/C13H19IN2O3S/c14-12-4-1-2-5-13(12)16-9-7-15(8-10-16)6-3-11-20(17,18)19/h1-2,4-5H,3,6-11H2,(H,17,18,19). The van der Waals surface area contributed by atoms with Crippen molar-refractivity contribution in [3.05, 3.63) is 27.8 Å². The van der Waals surface area contributed by atoms with Gasteiger partial charge in [0.1, 0.15) is 0 Å². The Balaban J connectivity index is 1.80. The molecular formula is C13H19IN2O3S. The molecule has 1 aromatic carbocycles. The molecule has 1 aliphatic heterocycles. The molecule has 1 fully saturated rings. The van der Waals surface area contributed by atoms with E-state index >= 15 is 0 Å². The maximum absolute atomic E-state index is 10.7. The van der Waals surface area contributed by atoms with E-state index in [1.54, 1.807) is 0 Å². The van der Waals surface area contributed by atoms with E-state index < -0.39 is 10.1 Å². The maximum atomic E-state index is 10.7. The molecule has 0 radical (unpaired) electrons. The number of nitrogens with zero attached hydrogens (tertiary/aromatic N) is 2. The molecule has 1 N–H and O–H groups in total. The second-order valence-electron chi connectivity index (χ2n) is 4.92. The fourth-order valence-corrected chi connectivity index (χ4v) is 3.61. The normalized spacial score (nSPS) is 17.4. The molecule has 0 saturated carbocycles. The molecule has 0 atom stereocenters. The first-order valence-electron chi connectivity index (χ1n) is 6.63. The Kier molecular flexibility index (Phi) is 5.65. The van der Waals surface area contributed by atoms with Gasteiger partial charge >= 0.3 is 0 Å². The number of para-hydroxylation sites is 1. The van der Waals surface area contributed by atoms with E-state index in [0.29, 0.717) is 6.42 Å². The van der Waals surface area contributed by atoms with Crippen LogP contribution < -0.4 is 4.90 Å². The predicted octanol–water partition coefficient (Wildman–Crippen LogP) is 1.69. The van der Waals surface area contributed by atoms with Crippen LogP contribution in [-0.2, 0) is 10.1 Å². The van der Waals surface area contributed by atoms with E-state index in [0.717, 1.165) is 32.7 Å². The van der Waals surface area contributed by atoms with Crippen molar-refractivity contribution in [2.45, 2.75) is 6.42 Å². The average molecular weight is 410 g/mol. The van der Waals surface area contributed by atoms with Gasteiger partial charge in [0.15, 0.2) is 0 Å². The van der Waals surface area contributed by atoms with Gasteiger partial charge in [-0.2, -0.15) is 8.42 Å². The molecule has 2 rings (SSSR count). The van der Waals surface area contributed by atoms with Gasteiger partial charge in [0.05, 0.1) is 11.4 Å². The summed E-state index contributed by atoms with van der Waals surface area (Å²) in [6, 6.07) is 8.33. The Morgan fingerprint density at radius 3 is 2.40 bits per heavy atom. The van der Waals surface area contributed by atoms with Crippen molar-refractivity contribution >= 4 is 38.4 Å². The first kappa shape index (κ1) is 16.0. The molecule has 0 bridgehead atoms. The van der Waals surface area contributed by atoms with Gasteiger partial charge in [-0.15, -0.1) is 0 Å². The molecule has 1 heterocycles. The third-order valence-electron chi connectivity index (χ3n) is 3.44. The van der Waals surface area contributed by atoms with Gasteiger partial charge in [-0.05, 0) is 47.7 Å². The molecule has 1 aromatic rings. The monoisotopic (exact) mass is 410 g/mol. The number of benzene rings is 1. The minimum atomic E-state index is -3.82. The summed E-state index contributed by atoms with van der Waals surface area (Å²) in [4.78, 5) is 4.61. The van der Waals surface area contributed by atoms with Crippen molar-refractivity contribution in [1.29, 1.82) is 0 Å². The topological polar surface area (TPSA) is 60.9 Å². The zero-order valence-corrected chi connectivity index (χ0v) is 14.2. The lowest BCUT2D eigenvalue weighted by molar-refractivity contribution is 0.258. The Morgan fingerprint density at radius 2 is 1.80 bits per heavy atom. The smallest absolute Gasteiger partial charge is 0.264 e. The SMILES string of the molecule is O=S(=O)(O)CCCN1CCN(c2ccccc2I)CC1. The van der Waals surface area contributed by atoms with Crippen LogP contribution in [0.2, 0.25) is 0 Å². The molecule has 112 valence electrons. The zero-order chi connectivity index (χ0) is 14.6. The highest BCUT2D eigenvalue weighted by molar-refractivity contribution is 14.1. The summed E-state index contributed by atoms with van der Waals surface area (Å²) in [6.45, 7) is 4.48. The summed E-state index contributed by atoms with van der Waals surface area (Å²) in [7, 11) is -3.82. The Hall–Kier alpha value is -0.380. The van der Waals surface area contributed by atoms with Gasteiger partial charge in [0.2, 0.25) is 0 Å². The molecule has 0 amide bonds. The molecule has 0 spiro atoms. The highest BCUT2D eigenvalue weighted by Crippen LogP contribution is 2.23. The first-order chi connectivity index (χ1) is 9.46. The third kappa shape index (κ3) is 4.87. The number of halogens is 1. The van der Waals surface area contributed by atoms with Crippen molar-refractivity contribution in [3.63, 3.8) is 0 Å². The zero-order valence-electron chi connectivity index (χ0n) is 11.2. The van der Waals surface area contributed by atoms with Crippen molar-refractivity contribution in [2.75, 3.05) is 43.4 Å². The Bertz CT molecular complexity index is 542. The van der Waals surface area contributed by atoms with Crippen LogP contribution in [0.15, 0.2) is 24.3 Å². The summed E-state index contributed by atoms with van der Waals surface area (Å²) in [5.74, 6) is -0.149. The molecule has 5 nitrogen and oxygen atoms in total. The molecular weight excluding hydrogens is 391 g/mol. The van der Waals surface area contributed by atoms with Gasteiger partial charge in [0.25, 0.3) is 10.1 Å². The molecule has 0 unspecified atom stereocenters. The Labute approximate surface area is 133 Å². The van der Waals surface area contributed by atoms with Crippen molar-refractivity contribution in [1.82, 2.24) is 4.90 Å². The van der Waals surface area contributed by atoms with Crippen LogP contribution in [0.5, 0.6) is 0 Å². The summed E-state index contributed by atoms with van der Waals surface area (Å²) in [6.07, 6.45) is 0.488. The van der Waals surface area contributed by atoms with Crippen molar-refractivity contribution in [3.8, 4) is 0 Å². The molecule has 1 aliphatic rings. The molecule has 7 heteroatoms. The molecule has 20 heavy (non-hydrogen) atoms. The van der Waals surface area contributed by atoms with Crippen molar-refractivity contribution < 1.29 is 13.0 Å². The summed E-state index contributed by atoms with van der Waals surface area (Å²) in [5.41, 5.74) is 1.27. The number of rotatable bonds is 5. The minimum absolute atomic E-state index is 0.149. The second-order valence-corrected chi connectivity index (χ2v) is 7.65. The largest absolute Gasteiger partial charge is 0.368 e. The lowest BCUT2D eigenvalue weighted by atomic mass is 10.2. The van der Waals surface area contributed by atoms with Crippen LogP contribution in [0.25, 0.3) is 0 Å². The summed E-state index contributed by atoms with van der Waals surface area (Å²) < 4.78 is 31.3. The Morgan fingerprint density at radius 1 is 1.15 bits per heavy atom. The maximum Gasteiger partial charge on any atom is 0.264 e. The third-order valence-corrected chi connectivity index (χ3v) is 5.16. The average Bonchev–Trinajstić information content (AvgIpc) is 2.39. The molecule has 1 saturated heterocycles. The quantitative estimate of drug-likeness (QED) is 0.592. The second kappa shape index (κ2) is 7.06. The van der Waals surface area contributed by atoms with Gasteiger partial charge in [-0.25, -0.2) is 0 Å². The van der Waals surface area contributed by atoms with E-state index in [2.05, 4.69) is 50.6 Å². The summed E-state index contributed by atoms with van der Waals surface area (Å²) in [5, 5.41) is 0. The summed E-state index contributed by atoms with van der Waals surface area (Å²) >= 11 is 2.35. The van der Waals surface area contributed by atoms with Gasteiger partial charge in [-0.1, -0.05) is 12.1 Å². The van der Waals surface area contributed by atoms with Crippen LogP contribution in [0, 0.1) is 3.57 Å². The van der Waals surface area contributed by atoms with Crippen molar-refractivity contribution in [2.24, 2.45) is 0 Å². The number of hydrogen-bond donors (Lipinski definition) is 1. The molecule has 0 aromatic heterocycles. The van der Waals surface area contributed by atoms with Gasteiger partial charge < -0.3 is 4.90 Å². The number of piperazine rings is 1. The lowest BCUT2D eigenvalue weighted by Gasteiger charge is -2.36. The molecule has 0 aliphatic carbocycles. The first-order valence-corrected chi connectivity index (χ1v) is 9.31. The van der Waals surface area contributed by atoms with Crippen LogP contribution in [0.3, 0.4) is 0 Å². The van der Waals surface area contributed by atoms with E-state index in [4.69, 9.17) is 4.55 Å². The number of hydrogen-bond acceptors (Lipinski definition) is 4. The lowest BCUT2D eigenvalue weighted by Crippen LogP contribution is -2.47. The number of anilines is 1. The van der Waals surface area contributed by atoms with Crippen LogP contribution in [-0.4, -0.2) is 56.3 Å². The van der Waals surface area contributed by atoms with Crippen LogP contribution in [0.4, 0.5) is 5.69 Å². The van der Waals surface area contributed by atoms with E-state index in [1.165, 1.54) is 9.26 Å². The fourth-order valence-electron chi connectivity index (χ4n) is 2.39. The fraction of sp³-hybridized carbons (Fsp3) is 0.538. The van der Waals surface area contributed by atoms with Crippen LogP contribution >= 0.6 is 22.6 Å². The van der Waals surface area contributed by atoms with Crippen LogP contribution in [0.1, 0.15) is 6.42 Å². The van der Waals surface area contributed by atoms with E-state index in [9.17, 15) is 8.42 Å². The van der Waals surface area contributed by atoms with E-state index in [1.807, 2.05) is 6.07 Å². The van der Waals surface area contributed by atoms with E-state index in [-0.39, 0.29) is 5.75 Å². The van der Waals surface area contributed by atoms with Gasteiger partial charge in [-0.3, -0.25) is 9.45 Å². The minimum Gasteiger partial charge on any atom is -0.368 e. The van der Waals surface area contributed by atoms with Gasteiger partial charge in [0, 0.05) is 29.7 Å². The predicted molar refractivity (Wildman–Crippen MR) is 88.8 cm³/mol. The highest BCUT2D eigenvalue weighted by atomic mass is 127. The highest BCUT2D eigenvalue weighted by Gasteiger charge is 2.18.